The summed E-state index contributed by atoms with van der Waals surface area (Å²) in [5.41, 5.74) is 0.414. The zero-order valence-electron chi connectivity index (χ0n) is 8.96. The van der Waals surface area contributed by atoms with Gasteiger partial charge in [-0.15, -0.1) is 11.3 Å². The Morgan fingerprint density at radius 1 is 1.57 bits per heavy atom. The van der Waals surface area contributed by atoms with Crippen molar-refractivity contribution in [3.05, 3.63) is 16.1 Å². The Kier molecular flexibility index (Phi) is 3.26. The third kappa shape index (κ3) is 3.46. The molecule has 1 heterocycles. The van der Waals surface area contributed by atoms with E-state index in [0.717, 1.165) is 5.01 Å². The fourth-order valence-corrected chi connectivity index (χ4v) is 1.40. The summed E-state index contributed by atoms with van der Waals surface area (Å²) in [5, 5.41) is 2.60. The van der Waals surface area contributed by atoms with Gasteiger partial charge >= 0.3 is 5.97 Å². The number of carbonyl (C=O) groups is 1. The molecule has 0 saturated carbocycles. The molecule has 0 bridgehead atoms. The van der Waals surface area contributed by atoms with Crippen molar-refractivity contribution < 1.29 is 9.53 Å². The van der Waals surface area contributed by atoms with Crippen molar-refractivity contribution >= 4 is 17.3 Å². The Labute approximate surface area is 88.1 Å². The Hall–Kier alpha value is -0.900. The van der Waals surface area contributed by atoms with E-state index in [1.165, 1.54) is 11.3 Å². The Balaban J connectivity index is 2.52. The van der Waals surface area contributed by atoms with Gasteiger partial charge < -0.3 is 4.74 Å². The molecule has 0 aliphatic heterocycles. The summed E-state index contributed by atoms with van der Waals surface area (Å²) in [5.74, 6) is -0.329. The second-order valence-electron chi connectivity index (χ2n) is 4.39. The number of hydrogen-bond donors (Lipinski definition) is 0. The number of rotatable bonds is 2. The van der Waals surface area contributed by atoms with E-state index in [4.69, 9.17) is 4.74 Å². The third-order valence-corrected chi connectivity index (χ3v) is 2.24. The van der Waals surface area contributed by atoms with Gasteiger partial charge in [-0.1, -0.05) is 20.8 Å². The van der Waals surface area contributed by atoms with Crippen LogP contribution in [-0.4, -0.2) is 17.6 Å². The molecule has 0 saturated heterocycles. The number of ether oxygens (including phenoxy) is 1. The van der Waals surface area contributed by atoms with Gasteiger partial charge in [-0.05, 0) is 12.3 Å². The lowest BCUT2D eigenvalue weighted by Gasteiger charge is -2.17. The summed E-state index contributed by atoms with van der Waals surface area (Å²) >= 11 is 1.45. The van der Waals surface area contributed by atoms with Gasteiger partial charge in [-0.2, -0.15) is 0 Å². The maximum atomic E-state index is 11.4. The summed E-state index contributed by atoms with van der Waals surface area (Å²) in [6.07, 6.45) is 0. The lowest BCUT2D eigenvalue weighted by molar-refractivity contribution is 0.0361. The molecular formula is C10H15NO2S. The molecule has 0 unspecified atom stereocenters. The highest BCUT2D eigenvalue weighted by molar-refractivity contribution is 7.09. The number of nitrogens with zero attached hydrogens (tertiary/aromatic N) is 1. The maximum absolute atomic E-state index is 11.4. The molecule has 3 nitrogen and oxygen atoms in total. The van der Waals surface area contributed by atoms with Crippen LogP contribution in [0.3, 0.4) is 0 Å². The molecule has 0 spiro atoms. The Bertz CT molecular complexity index is 325. The molecule has 4 heteroatoms. The summed E-state index contributed by atoms with van der Waals surface area (Å²) in [6.45, 7) is 8.35. The molecule has 0 aromatic carbocycles. The van der Waals surface area contributed by atoms with Crippen molar-refractivity contribution in [1.82, 2.24) is 4.98 Å². The van der Waals surface area contributed by atoms with Crippen LogP contribution in [0, 0.1) is 12.3 Å². The maximum Gasteiger partial charge on any atom is 0.357 e. The molecule has 0 fully saturated rings. The summed E-state index contributed by atoms with van der Waals surface area (Å²) in [7, 11) is 0. The van der Waals surface area contributed by atoms with Crippen molar-refractivity contribution in [3.8, 4) is 0 Å². The van der Waals surface area contributed by atoms with E-state index in [-0.39, 0.29) is 11.4 Å². The highest BCUT2D eigenvalue weighted by atomic mass is 32.1. The van der Waals surface area contributed by atoms with Gasteiger partial charge in [0.05, 0.1) is 11.6 Å². The molecule has 14 heavy (non-hydrogen) atoms. The summed E-state index contributed by atoms with van der Waals surface area (Å²) in [4.78, 5) is 15.5. The standard InChI is InChI=1S/C10H15NO2S/c1-7-11-8(5-14-7)9(12)13-6-10(2,3)4/h5H,6H2,1-4H3. The highest BCUT2D eigenvalue weighted by Gasteiger charge is 2.16. The molecule has 0 N–H and O–H groups in total. The van der Waals surface area contributed by atoms with Gasteiger partial charge in [0, 0.05) is 5.38 Å². The number of carbonyl (C=O) groups excluding carboxylic acids is 1. The van der Waals surface area contributed by atoms with E-state index >= 15 is 0 Å². The first-order chi connectivity index (χ1) is 6.38. The first-order valence-electron chi connectivity index (χ1n) is 4.48. The van der Waals surface area contributed by atoms with Crippen molar-refractivity contribution in [2.45, 2.75) is 27.7 Å². The lowest BCUT2D eigenvalue weighted by atomic mass is 9.99. The largest absolute Gasteiger partial charge is 0.460 e. The van der Waals surface area contributed by atoms with Crippen LogP contribution in [0.1, 0.15) is 36.3 Å². The van der Waals surface area contributed by atoms with E-state index in [1.54, 1.807) is 5.38 Å². The number of aryl methyl sites for hydroxylation is 1. The van der Waals surface area contributed by atoms with Crippen molar-refractivity contribution in [2.75, 3.05) is 6.61 Å². The van der Waals surface area contributed by atoms with Crippen LogP contribution < -0.4 is 0 Å². The van der Waals surface area contributed by atoms with Crippen LogP contribution in [-0.2, 0) is 4.74 Å². The molecule has 1 rings (SSSR count). The zero-order valence-corrected chi connectivity index (χ0v) is 9.77. The number of esters is 1. The molecule has 0 radical (unpaired) electrons. The minimum absolute atomic E-state index is 0.000720. The summed E-state index contributed by atoms with van der Waals surface area (Å²) in [6, 6.07) is 0. The molecule has 0 aliphatic carbocycles. The predicted molar refractivity (Wildman–Crippen MR) is 56.6 cm³/mol. The minimum Gasteiger partial charge on any atom is -0.460 e. The average Bonchev–Trinajstić information content (AvgIpc) is 2.46. The monoisotopic (exact) mass is 213 g/mol. The van der Waals surface area contributed by atoms with Crippen molar-refractivity contribution in [3.63, 3.8) is 0 Å². The smallest absolute Gasteiger partial charge is 0.357 e. The fraction of sp³-hybridized carbons (Fsp3) is 0.600. The second-order valence-corrected chi connectivity index (χ2v) is 5.45. The summed E-state index contributed by atoms with van der Waals surface area (Å²) < 4.78 is 5.11. The topological polar surface area (TPSA) is 39.2 Å². The normalized spacial score (nSPS) is 11.4. The Morgan fingerprint density at radius 2 is 2.21 bits per heavy atom. The van der Waals surface area contributed by atoms with E-state index in [9.17, 15) is 4.79 Å². The van der Waals surface area contributed by atoms with Crippen LogP contribution >= 0.6 is 11.3 Å². The first-order valence-corrected chi connectivity index (χ1v) is 5.36. The van der Waals surface area contributed by atoms with Crippen LogP contribution in [0.4, 0.5) is 0 Å². The lowest BCUT2D eigenvalue weighted by Crippen LogP contribution is -2.18. The highest BCUT2D eigenvalue weighted by Crippen LogP contribution is 2.15. The van der Waals surface area contributed by atoms with Gasteiger partial charge in [0.25, 0.3) is 0 Å². The molecule has 1 aromatic rings. The van der Waals surface area contributed by atoms with Gasteiger partial charge in [0.15, 0.2) is 5.69 Å². The molecule has 1 aromatic heterocycles. The fourth-order valence-electron chi connectivity index (χ4n) is 0.813. The molecule has 0 aliphatic rings. The number of aromatic nitrogens is 1. The van der Waals surface area contributed by atoms with Gasteiger partial charge in [0.1, 0.15) is 0 Å². The van der Waals surface area contributed by atoms with E-state index < -0.39 is 0 Å². The quantitative estimate of drug-likeness (QED) is 0.709. The van der Waals surface area contributed by atoms with E-state index in [0.29, 0.717) is 12.3 Å². The van der Waals surface area contributed by atoms with Crippen molar-refractivity contribution in [2.24, 2.45) is 5.41 Å². The molecule has 0 amide bonds. The average molecular weight is 213 g/mol. The van der Waals surface area contributed by atoms with Crippen LogP contribution in [0.2, 0.25) is 0 Å². The van der Waals surface area contributed by atoms with Crippen LogP contribution in [0.25, 0.3) is 0 Å². The number of thiazole rings is 1. The Morgan fingerprint density at radius 3 is 2.64 bits per heavy atom. The van der Waals surface area contributed by atoms with E-state index in [2.05, 4.69) is 4.98 Å². The SMILES string of the molecule is Cc1nc(C(=O)OCC(C)(C)C)cs1. The molecule has 0 atom stereocenters. The van der Waals surface area contributed by atoms with Gasteiger partial charge in [0.2, 0.25) is 0 Å². The van der Waals surface area contributed by atoms with E-state index in [1.807, 2.05) is 27.7 Å². The minimum atomic E-state index is -0.329. The predicted octanol–water partition coefficient (Wildman–Crippen LogP) is 2.65. The third-order valence-electron chi connectivity index (χ3n) is 1.46. The number of hydrogen-bond acceptors (Lipinski definition) is 4. The second kappa shape index (κ2) is 4.09. The van der Waals surface area contributed by atoms with Gasteiger partial charge in [-0.3, -0.25) is 0 Å². The first kappa shape index (κ1) is 11.2. The van der Waals surface area contributed by atoms with Crippen LogP contribution in [0.5, 0.6) is 0 Å². The van der Waals surface area contributed by atoms with Gasteiger partial charge in [-0.25, -0.2) is 9.78 Å². The molecule has 78 valence electrons. The zero-order chi connectivity index (χ0) is 10.8. The molecular weight excluding hydrogens is 198 g/mol. The van der Waals surface area contributed by atoms with Crippen LogP contribution in [0.15, 0.2) is 5.38 Å². The van der Waals surface area contributed by atoms with Crippen molar-refractivity contribution in [1.29, 1.82) is 0 Å².